The molecule has 0 unspecified atom stereocenters. The van der Waals surface area contributed by atoms with E-state index < -0.39 is 12.0 Å². The van der Waals surface area contributed by atoms with Crippen molar-refractivity contribution in [2.75, 3.05) is 0 Å². The van der Waals surface area contributed by atoms with Gasteiger partial charge >= 0.3 is 6.09 Å². The number of ether oxygens (including phenoxy) is 1. The van der Waals surface area contributed by atoms with E-state index in [0.29, 0.717) is 15.4 Å². The van der Waals surface area contributed by atoms with Gasteiger partial charge in [0.1, 0.15) is 0 Å². The van der Waals surface area contributed by atoms with Crippen molar-refractivity contribution in [3.05, 3.63) is 51.2 Å². The maximum absolute atomic E-state index is 12.6. The first-order valence-electron chi connectivity index (χ1n) is 7.91. The molecule has 134 valence electrons. The smallest absolute Gasteiger partial charge is 0.414 e. The molecule has 0 atom stereocenters. The number of thiophene rings is 1. The summed E-state index contributed by atoms with van der Waals surface area (Å²) in [5, 5.41) is 4.29. The Morgan fingerprint density at radius 1 is 1.19 bits per heavy atom. The molecule has 1 aromatic carbocycles. The van der Waals surface area contributed by atoms with E-state index in [0.717, 1.165) is 10.2 Å². The van der Waals surface area contributed by atoms with Crippen LogP contribution in [-0.4, -0.2) is 28.9 Å². The van der Waals surface area contributed by atoms with Gasteiger partial charge in [0, 0.05) is 11.3 Å². The Hall–Kier alpha value is -2.58. The third-order valence-electron chi connectivity index (χ3n) is 3.40. The number of para-hydroxylation sites is 1. The number of thiazole rings is 1. The Labute approximate surface area is 157 Å². The van der Waals surface area contributed by atoms with Gasteiger partial charge in [0.15, 0.2) is 10.8 Å². The Kier molecular flexibility index (Phi) is 5.43. The van der Waals surface area contributed by atoms with Gasteiger partial charge in [-0.1, -0.05) is 12.1 Å². The summed E-state index contributed by atoms with van der Waals surface area (Å²) in [5.41, 5.74) is 1.08. The third kappa shape index (κ3) is 4.14. The number of rotatable bonds is 5. The van der Waals surface area contributed by atoms with E-state index in [1.54, 1.807) is 25.3 Å². The third-order valence-corrected chi connectivity index (χ3v) is 5.40. The summed E-state index contributed by atoms with van der Waals surface area (Å²) in [7, 11) is 0. The van der Waals surface area contributed by atoms with Crippen molar-refractivity contribution in [3.63, 3.8) is 0 Å². The Morgan fingerprint density at radius 2 is 1.96 bits per heavy atom. The summed E-state index contributed by atoms with van der Waals surface area (Å²) in [4.78, 5) is 41.3. The van der Waals surface area contributed by atoms with Crippen molar-refractivity contribution in [3.8, 4) is 0 Å². The number of hydrogen-bond acceptors (Lipinski definition) is 7. The molecule has 0 radical (unpaired) electrons. The predicted molar refractivity (Wildman–Crippen MR) is 101 cm³/mol. The van der Waals surface area contributed by atoms with Crippen LogP contribution in [0.25, 0.3) is 10.2 Å². The van der Waals surface area contributed by atoms with Crippen molar-refractivity contribution in [2.45, 2.75) is 26.4 Å². The minimum Gasteiger partial charge on any atom is -0.447 e. The van der Waals surface area contributed by atoms with Crippen molar-refractivity contribution in [2.24, 2.45) is 0 Å². The molecule has 2 heterocycles. The van der Waals surface area contributed by atoms with Crippen LogP contribution in [0.1, 0.15) is 38.9 Å². The lowest BCUT2D eigenvalue weighted by atomic mass is 10.1. The van der Waals surface area contributed by atoms with Crippen LogP contribution in [0, 0.1) is 0 Å². The summed E-state index contributed by atoms with van der Waals surface area (Å²) < 4.78 is 5.84. The number of carbonyl (C=O) groups is 3. The number of hydrogen-bond donors (Lipinski definition) is 1. The highest BCUT2D eigenvalue weighted by molar-refractivity contribution is 7.20. The molecule has 8 heteroatoms. The van der Waals surface area contributed by atoms with Crippen molar-refractivity contribution >= 4 is 50.7 Å². The van der Waals surface area contributed by atoms with Crippen molar-refractivity contribution < 1.29 is 19.1 Å². The Balaban J connectivity index is 1.72. The van der Waals surface area contributed by atoms with Gasteiger partial charge in [0.2, 0.25) is 0 Å². The second-order valence-electron chi connectivity index (χ2n) is 5.75. The monoisotopic (exact) mass is 388 g/mol. The van der Waals surface area contributed by atoms with Crippen LogP contribution < -0.4 is 5.32 Å². The molecule has 0 spiro atoms. The fraction of sp³-hybridized carbons (Fsp3) is 0.222. The van der Waals surface area contributed by atoms with E-state index in [1.807, 2.05) is 24.3 Å². The van der Waals surface area contributed by atoms with E-state index in [4.69, 9.17) is 4.74 Å². The molecular formula is C18H16N2O4S2. The second kappa shape index (κ2) is 7.76. The standard InChI is InChI=1S/C18H16N2O4S2/c1-10(2)24-18(23)20-16(22)11-7-8-25-15(11)9-13(21)17-19-12-5-3-4-6-14(12)26-17/h3-8,10H,9H2,1-2H3,(H,20,22,23). The van der Waals surface area contributed by atoms with Gasteiger partial charge in [-0.15, -0.1) is 22.7 Å². The molecule has 2 aromatic heterocycles. The molecule has 1 N–H and O–H groups in total. The molecule has 6 nitrogen and oxygen atoms in total. The maximum Gasteiger partial charge on any atom is 0.414 e. The second-order valence-corrected chi connectivity index (χ2v) is 7.78. The topological polar surface area (TPSA) is 85.4 Å². The highest BCUT2D eigenvalue weighted by Crippen LogP contribution is 2.25. The number of aromatic nitrogens is 1. The largest absolute Gasteiger partial charge is 0.447 e. The van der Waals surface area contributed by atoms with Crippen LogP contribution in [0.15, 0.2) is 35.7 Å². The first-order valence-corrected chi connectivity index (χ1v) is 9.60. The van der Waals surface area contributed by atoms with E-state index in [9.17, 15) is 14.4 Å². The normalized spacial score (nSPS) is 10.9. The zero-order valence-corrected chi connectivity index (χ0v) is 15.8. The molecule has 0 saturated heterocycles. The molecule has 26 heavy (non-hydrogen) atoms. The number of nitrogens with one attached hydrogen (secondary N) is 1. The van der Waals surface area contributed by atoms with E-state index >= 15 is 0 Å². The molecule has 3 aromatic rings. The van der Waals surface area contributed by atoms with Crippen LogP contribution in [0.2, 0.25) is 0 Å². The van der Waals surface area contributed by atoms with Crippen LogP contribution in [0.5, 0.6) is 0 Å². The van der Waals surface area contributed by atoms with Gasteiger partial charge in [0.25, 0.3) is 5.91 Å². The van der Waals surface area contributed by atoms with E-state index in [1.165, 1.54) is 22.7 Å². The molecule has 0 aliphatic rings. The number of ketones is 1. The number of amides is 2. The Bertz CT molecular complexity index is 941. The average Bonchev–Trinajstić information content (AvgIpc) is 3.20. The molecule has 3 rings (SSSR count). The zero-order chi connectivity index (χ0) is 18.7. The summed E-state index contributed by atoms with van der Waals surface area (Å²) in [6.45, 7) is 3.38. The van der Waals surface area contributed by atoms with Gasteiger partial charge in [-0.05, 0) is 37.4 Å². The number of nitrogens with zero attached hydrogens (tertiary/aromatic N) is 1. The summed E-state index contributed by atoms with van der Waals surface area (Å²) in [6.07, 6.45) is -1.08. The van der Waals surface area contributed by atoms with Crippen molar-refractivity contribution in [1.29, 1.82) is 0 Å². The minimum atomic E-state index is -0.806. The van der Waals surface area contributed by atoms with Gasteiger partial charge in [0.05, 0.1) is 21.9 Å². The summed E-state index contributed by atoms with van der Waals surface area (Å²) >= 11 is 2.62. The molecule has 2 amide bonds. The number of carbonyl (C=O) groups excluding carboxylic acids is 3. The lowest BCUT2D eigenvalue weighted by molar-refractivity contribution is 0.0876. The van der Waals surface area contributed by atoms with Gasteiger partial charge in [-0.2, -0.15) is 0 Å². The van der Waals surface area contributed by atoms with Crippen molar-refractivity contribution in [1.82, 2.24) is 10.3 Å². The molecule has 0 aliphatic heterocycles. The van der Waals surface area contributed by atoms with Crippen LogP contribution in [-0.2, 0) is 11.2 Å². The number of alkyl carbamates (subject to hydrolysis) is 1. The van der Waals surface area contributed by atoms with Gasteiger partial charge in [-0.3, -0.25) is 14.9 Å². The van der Waals surface area contributed by atoms with Crippen LogP contribution in [0.3, 0.4) is 0 Å². The first-order chi connectivity index (χ1) is 12.4. The number of benzene rings is 1. The van der Waals surface area contributed by atoms with Gasteiger partial charge < -0.3 is 4.74 Å². The number of Topliss-reactive ketones (excluding diaryl/α,β-unsaturated/α-hetero) is 1. The lowest BCUT2D eigenvalue weighted by Gasteiger charge is -2.08. The van der Waals surface area contributed by atoms with Crippen LogP contribution in [0.4, 0.5) is 4.79 Å². The van der Waals surface area contributed by atoms with E-state index in [-0.39, 0.29) is 18.3 Å². The minimum absolute atomic E-state index is 0.0550. The molecule has 0 fully saturated rings. The zero-order valence-electron chi connectivity index (χ0n) is 14.1. The summed E-state index contributed by atoms with van der Waals surface area (Å²) in [6, 6.07) is 9.12. The Morgan fingerprint density at radius 3 is 2.69 bits per heavy atom. The summed E-state index contributed by atoms with van der Waals surface area (Å²) in [5.74, 6) is -0.739. The SMILES string of the molecule is CC(C)OC(=O)NC(=O)c1ccsc1CC(=O)c1nc2ccccc2s1. The number of fused-ring (bicyclic) bond motifs is 1. The average molecular weight is 388 g/mol. The highest BCUT2D eigenvalue weighted by atomic mass is 32.1. The van der Waals surface area contributed by atoms with Gasteiger partial charge in [-0.25, -0.2) is 9.78 Å². The number of imide groups is 1. The fourth-order valence-electron chi connectivity index (χ4n) is 2.30. The fourth-order valence-corrected chi connectivity index (χ4v) is 4.07. The van der Waals surface area contributed by atoms with Crippen LogP contribution >= 0.6 is 22.7 Å². The quantitative estimate of drug-likeness (QED) is 0.666. The molecule has 0 saturated carbocycles. The lowest BCUT2D eigenvalue weighted by Crippen LogP contribution is -2.33. The predicted octanol–water partition coefficient (Wildman–Crippen LogP) is 4.06. The molecule has 0 bridgehead atoms. The van der Waals surface area contributed by atoms with E-state index in [2.05, 4.69) is 10.3 Å². The highest BCUT2D eigenvalue weighted by Gasteiger charge is 2.20. The first kappa shape index (κ1) is 18.2. The molecule has 0 aliphatic carbocycles. The maximum atomic E-state index is 12.6. The molecular weight excluding hydrogens is 372 g/mol.